The molecule has 1 aromatic carbocycles. The van der Waals surface area contributed by atoms with E-state index in [4.69, 9.17) is 16.3 Å². The number of hydrogen-bond donors (Lipinski definition) is 1. The number of hydrogen-bond acceptors (Lipinski definition) is 2. The average Bonchev–Trinajstić information content (AvgIpc) is 2.66. The van der Waals surface area contributed by atoms with Gasteiger partial charge in [0.2, 0.25) is 0 Å². The second-order valence-electron chi connectivity index (χ2n) is 5.83. The van der Waals surface area contributed by atoms with Gasteiger partial charge in [-0.25, -0.2) is 4.98 Å². The maximum absolute atomic E-state index is 6.01. The molecule has 0 fully saturated rings. The molecule has 0 aliphatic heterocycles. The quantitative estimate of drug-likeness (QED) is 0.611. The fourth-order valence-corrected chi connectivity index (χ4v) is 3.36. The number of imidazole rings is 1. The predicted molar refractivity (Wildman–Crippen MR) is 86.6 cm³/mol. The first-order valence-corrected chi connectivity index (χ1v) is 11.1. The molecule has 3 nitrogen and oxygen atoms in total. The van der Waals surface area contributed by atoms with Crippen LogP contribution in [0.5, 0.6) is 0 Å². The minimum absolute atomic E-state index is 0.517. The highest BCUT2D eigenvalue weighted by Crippen LogP contribution is 2.26. The van der Waals surface area contributed by atoms with Crippen LogP contribution < -0.4 is 0 Å². The third kappa shape index (κ3) is 4.31. The van der Waals surface area contributed by atoms with Crippen LogP contribution in [-0.4, -0.2) is 24.6 Å². The van der Waals surface area contributed by atoms with Crippen molar-refractivity contribution in [3.05, 3.63) is 27.5 Å². The molecule has 0 aliphatic rings. The van der Waals surface area contributed by atoms with Gasteiger partial charge in [-0.15, -0.1) is 0 Å². The number of fused-ring (bicyclic) bond motifs is 1. The van der Waals surface area contributed by atoms with E-state index in [0.717, 1.165) is 27.9 Å². The molecule has 0 amide bonds. The van der Waals surface area contributed by atoms with E-state index in [0.29, 0.717) is 11.6 Å². The molecule has 0 spiro atoms. The summed E-state index contributed by atoms with van der Waals surface area (Å²) in [6.07, 6.45) is 0. The standard InChI is InChI=1S/C13H18BrClN2OSi/c1-19(2,3)5-4-18-8-12-16-11-7-9(15)6-10(14)13(11)17-12/h6-7H,4-5,8H2,1-3H3,(H,16,17). The molecular weight excluding hydrogens is 344 g/mol. The summed E-state index contributed by atoms with van der Waals surface area (Å²) in [6, 6.07) is 4.89. The molecule has 104 valence electrons. The van der Waals surface area contributed by atoms with E-state index in [-0.39, 0.29) is 0 Å². The lowest BCUT2D eigenvalue weighted by Crippen LogP contribution is -2.21. The molecule has 0 radical (unpaired) electrons. The highest BCUT2D eigenvalue weighted by molar-refractivity contribution is 9.10. The number of aromatic nitrogens is 2. The molecule has 1 aromatic heterocycles. The number of nitrogens with one attached hydrogen (secondary N) is 1. The van der Waals surface area contributed by atoms with Gasteiger partial charge in [0.25, 0.3) is 0 Å². The Kier molecular flexibility index (Phi) is 4.71. The van der Waals surface area contributed by atoms with Crippen LogP contribution in [0, 0.1) is 0 Å². The van der Waals surface area contributed by atoms with Crippen molar-refractivity contribution in [2.45, 2.75) is 32.3 Å². The molecule has 0 bridgehead atoms. The van der Waals surface area contributed by atoms with E-state index in [1.807, 2.05) is 12.1 Å². The maximum Gasteiger partial charge on any atom is 0.133 e. The molecule has 0 aliphatic carbocycles. The summed E-state index contributed by atoms with van der Waals surface area (Å²) in [4.78, 5) is 7.75. The number of H-pyrrole nitrogens is 1. The Labute approximate surface area is 127 Å². The van der Waals surface area contributed by atoms with Gasteiger partial charge in [-0.2, -0.15) is 0 Å². The summed E-state index contributed by atoms with van der Waals surface area (Å²) < 4.78 is 6.59. The van der Waals surface area contributed by atoms with Gasteiger partial charge >= 0.3 is 0 Å². The Morgan fingerprint density at radius 1 is 1.37 bits per heavy atom. The van der Waals surface area contributed by atoms with Gasteiger partial charge in [0, 0.05) is 24.2 Å². The monoisotopic (exact) mass is 360 g/mol. The van der Waals surface area contributed by atoms with Crippen molar-refractivity contribution >= 4 is 46.6 Å². The second-order valence-corrected chi connectivity index (χ2v) is 12.7. The van der Waals surface area contributed by atoms with Gasteiger partial charge in [0.1, 0.15) is 17.9 Å². The lowest BCUT2D eigenvalue weighted by Gasteiger charge is -2.14. The number of benzene rings is 1. The summed E-state index contributed by atoms with van der Waals surface area (Å²) in [6.45, 7) is 8.35. The maximum atomic E-state index is 6.01. The van der Waals surface area contributed by atoms with E-state index in [1.54, 1.807) is 0 Å². The fourth-order valence-electron chi connectivity index (χ4n) is 1.71. The Bertz CT molecular complexity index is 580. The lowest BCUT2D eigenvalue weighted by molar-refractivity contribution is 0.128. The molecular formula is C13H18BrClN2OSi. The number of ether oxygens (including phenoxy) is 1. The van der Waals surface area contributed by atoms with E-state index in [1.165, 1.54) is 6.04 Å². The van der Waals surface area contributed by atoms with Crippen LogP contribution in [0.4, 0.5) is 0 Å². The minimum Gasteiger partial charge on any atom is -0.374 e. The van der Waals surface area contributed by atoms with Gasteiger partial charge in [-0.05, 0) is 34.1 Å². The van der Waals surface area contributed by atoms with Crippen molar-refractivity contribution in [1.82, 2.24) is 9.97 Å². The van der Waals surface area contributed by atoms with Crippen LogP contribution in [0.3, 0.4) is 0 Å². The molecule has 1 N–H and O–H groups in total. The fraction of sp³-hybridized carbons (Fsp3) is 0.462. The van der Waals surface area contributed by atoms with Gasteiger partial charge in [0.15, 0.2) is 0 Å². The SMILES string of the molecule is C[Si](C)(C)CCOCc1nc2c(Br)cc(Cl)cc2[nH]1. The Balaban J connectivity index is 2.00. The highest BCUT2D eigenvalue weighted by Gasteiger charge is 2.12. The minimum atomic E-state index is -1.02. The number of nitrogens with zero attached hydrogens (tertiary/aromatic N) is 1. The van der Waals surface area contributed by atoms with Gasteiger partial charge in [-0.3, -0.25) is 0 Å². The largest absolute Gasteiger partial charge is 0.374 e. The van der Waals surface area contributed by atoms with Crippen LogP contribution in [0.15, 0.2) is 16.6 Å². The van der Waals surface area contributed by atoms with Crippen molar-refractivity contribution in [2.75, 3.05) is 6.61 Å². The second kappa shape index (κ2) is 5.95. The molecule has 0 atom stereocenters. The van der Waals surface area contributed by atoms with Crippen molar-refractivity contribution in [3.63, 3.8) is 0 Å². The summed E-state index contributed by atoms with van der Waals surface area (Å²) in [5.41, 5.74) is 1.83. The molecule has 0 unspecified atom stereocenters. The first-order chi connectivity index (χ1) is 8.85. The number of rotatable bonds is 5. The van der Waals surface area contributed by atoms with Crippen molar-refractivity contribution in [2.24, 2.45) is 0 Å². The van der Waals surface area contributed by atoms with E-state index < -0.39 is 8.07 Å². The van der Waals surface area contributed by atoms with Gasteiger partial charge in [0.05, 0.1) is 5.52 Å². The Hall–Kier alpha value is -0.363. The number of aromatic amines is 1. The average molecular weight is 362 g/mol. The first kappa shape index (κ1) is 15.0. The number of halogens is 2. The normalized spacial score (nSPS) is 12.3. The van der Waals surface area contributed by atoms with Gasteiger partial charge < -0.3 is 9.72 Å². The topological polar surface area (TPSA) is 37.9 Å². The molecule has 2 aromatic rings. The van der Waals surface area contributed by atoms with Crippen LogP contribution >= 0.6 is 27.5 Å². The zero-order valence-corrected chi connectivity index (χ0v) is 14.7. The highest BCUT2D eigenvalue weighted by atomic mass is 79.9. The zero-order valence-electron chi connectivity index (χ0n) is 11.4. The summed E-state index contributed by atoms with van der Waals surface area (Å²) in [7, 11) is -1.02. The van der Waals surface area contributed by atoms with Crippen molar-refractivity contribution < 1.29 is 4.74 Å². The smallest absolute Gasteiger partial charge is 0.133 e. The van der Waals surface area contributed by atoms with E-state index in [2.05, 4.69) is 45.5 Å². The van der Waals surface area contributed by atoms with Crippen LogP contribution in [0.2, 0.25) is 30.7 Å². The van der Waals surface area contributed by atoms with E-state index in [9.17, 15) is 0 Å². The lowest BCUT2D eigenvalue weighted by atomic mass is 10.3. The van der Waals surface area contributed by atoms with Crippen LogP contribution in [0.25, 0.3) is 11.0 Å². The van der Waals surface area contributed by atoms with Crippen molar-refractivity contribution in [1.29, 1.82) is 0 Å². The molecule has 6 heteroatoms. The van der Waals surface area contributed by atoms with Crippen LogP contribution in [-0.2, 0) is 11.3 Å². The third-order valence-electron chi connectivity index (χ3n) is 2.79. The van der Waals surface area contributed by atoms with Crippen molar-refractivity contribution in [3.8, 4) is 0 Å². The third-order valence-corrected chi connectivity index (χ3v) is 5.32. The molecule has 19 heavy (non-hydrogen) atoms. The summed E-state index contributed by atoms with van der Waals surface area (Å²) in [5.74, 6) is 0.841. The summed E-state index contributed by atoms with van der Waals surface area (Å²) >= 11 is 9.47. The zero-order chi connectivity index (χ0) is 14.0. The molecule has 0 saturated heterocycles. The first-order valence-electron chi connectivity index (χ1n) is 6.26. The Morgan fingerprint density at radius 3 is 2.79 bits per heavy atom. The van der Waals surface area contributed by atoms with Crippen LogP contribution in [0.1, 0.15) is 5.82 Å². The Morgan fingerprint density at radius 2 is 2.11 bits per heavy atom. The summed E-state index contributed by atoms with van der Waals surface area (Å²) in [5, 5.41) is 0.689. The molecule has 1 heterocycles. The van der Waals surface area contributed by atoms with Gasteiger partial charge in [-0.1, -0.05) is 31.2 Å². The van der Waals surface area contributed by atoms with E-state index >= 15 is 0 Å². The molecule has 2 rings (SSSR count). The molecule has 0 saturated carbocycles. The predicted octanol–water partition coefficient (Wildman–Crippen LogP) is 4.83.